The zero-order valence-corrected chi connectivity index (χ0v) is 15.6. The lowest BCUT2D eigenvalue weighted by molar-refractivity contribution is -0.384. The molecule has 0 bridgehead atoms. The Morgan fingerprint density at radius 2 is 1.83 bits per heavy atom. The fourth-order valence-electron chi connectivity index (χ4n) is 2.38. The smallest absolute Gasteiger partial charge is 0.269 e. The van der Waals surface area contributed by atoms with Crippen molar-refractivity contribution >= 4 is 29.1 Å². The molecule has 0 saturated heterocycles. The van der Waals surface area contributed by atoms with Crippen LogP contribution in [0.2, 0.25) is 0 Å². The molecular formula is C19H19FN4O5. The molecule has 0 aliphatic rings. The maximum Gasteiger partial charge on any atom is 0.269 e. The molecule has 10 heteroatoms. The summed E-state index contributed by atoms with van der Waals surface area (Å²) >= 11 is 0. The Morgan fingerprint density at radius 1 is 1.14 bits per heavy atom. The van der Waals surface area contributed by atoms with Crippen molar-refractivity contribution in [3.63, 3.8) is 0 Å². The zero-order valence-electron chi connectivity index (χ0n) is 15.6. The van der Waals surface area contributed by atoms with Gasteiger partial charge in [0, 0.05) is 43.4 Å². The number of halogens is 1. The Balaban J connectivity index is 1.75. The van der Waals surface area contributed by atoms with Crippen LogP contribution < -0.4 is 10.6 Å². The Kier molecular flexibility index (Phi) is 7.35. The number of carbonyl (C=O) groups excluding carboxylic acids is 3. The second kappa shape index (κ2) is 9.93. The number of anilines is 1. The largest absolute Gasteiger partial charge is 0.352 e. The quantitative estimate of drug-likeness (QED) is 0.516. The Labute approximate surface area is 165 Å². The summed E-state index contributed by atoms with van der Waals surface area (Å²) < 4.78 is 13.1. The van der Waals surface area contributed by atoms with E-state index in [-0.39, 0.29) is 42.4 Å². The minimum Gasteiger partial charge on any atom is -0.352 e. The van der Waals surface area contributed by atoms with Crippen LogP contribution in [0.5, 0.6) is 0 Å². The van der Waals surface area contributed by atoms with Gasteiger partial charge in [-0.2, -0.15) is 0 Å². The number of hydrogen-bond donors (Lipinski definition) is 2. The SMILES string of the molecule is CN(CC(=O)Nc1cccc(F)c1)C(=O)CCNC(=O)c1ccc([N+](=O)[O-])cc1. The van der Waals surface area contributed by atoms with E-state index in [1.54, 1.807) is 0 Å². The van der Waals surface area contributed by atoms with Crippen molar-refractivity contribution in [2.24, 2.45) is 0 Å². The Morgan fingerprint density at radius 3 is 2.45 bits per heavy atom. The van der Waals surface area contributed by atoms with Crippen molar-refractivity contribution in [2.45, 2.75) is 6.42 Å². The number of nitrogens with one attached hydrogen (secondary N) is 2. The predicted octanol–water partition coefficient (Wildman–Crippen LogP) is 1.95. The highest BCUT2D eigenvalue weighted by Gasteiger charge is 2.14. The van der Waals surface area contributed by atoms with Crippen LogP contribution in [0.25, 0.3) is 0 Å². The normalized spacial score (nSPS) is 10.1. The van der Waals surface area contributed by atoms with Crippen molar-refractivity contribution in [3.05, 3.63) is 70.0 Å². The molecule has 2 N–H and O–H groups in total. The number of nitro benzene ring substituents is 1. The summed E-state index contributed by atoms with van der Waals surface area (Å²) in [7, 11) is 1.44. The maximum absolute atomic E-state index is 13.1. The van der Waals surface area contributed by atoms with E-state index in [2.05, 4.69) is 10.6 Å². The summed E-state index contributed by atoms with van der Waals surface area (Å²) in [4.78, 5) is 47.2. The van der Waals surface area contributed by atoms with E-state index in [9.17, 15) is 28.9 Å². The standard InChI is InChI=1S/C19H19FN4O5/c1-23(12-17(25)22-15-4-2-3-14(20)11-15)18(26)9-10-21-19(27)13-5-7-16(8-6-13)24(28)29/h2-8,11H,9-10,12H2,1H3,(H,21,27)(H,22,25). The van der Waals surface area contributed by atoms with Crippen LogP contribution in [-0.4, -0.2) is 47.7 Å². The first-order valence-corrected chi connectivity index (χ1v) is 8.58. The third kappa shape index (κ3) is 6.69. The number of carbonyl (C=O) groups is 3. The first kappa shape index (κ1) is 21.5. The molecule has 2 rings (SSSR count). The topological polar surface area (TPSA) is 122 Å². The summed E-state index contributed by atoms with van der Waals surface area (Å²) in [6, 6.07) is 10.4. The third-order valence-electron chi connectivity index (χ3n) is 3.88. The van der Waals surface area contributed by atoms with E-state index in [0.29, 0.717) is 0 Å². The van der Waals surface area contributed by atoms with Gasteiger partial charge in [-0.1, -0.05) is 6.07 Å². The zero-order chi connectivity index (χ0) is 21.4. The van der Waals surface area contributed by atoms with Gasteiger partial charge in [0.25, 0.3) is 11.6 Å². The monoisotopic (exact) mass is 402 g/mol. The van der Waals surface area contributed by atoms with Crippen LogP contribution >= 0.6 is 0 Å². The number of hydrogen-bond acceptors (Lipinski definition) is 5. The number of nitrogens with zero attached hydrogens (tertiary/aromatic N) is 2. The highest BCUT2D eigenvalue weighted by atomic mass is 19.1. The lowest BCUT2D eigenvalue weighted by Gasteiger charge is -2.17. The molecule has 0 aliphatic heterocycles. The molecule has 0 radical (unpaired) electrons. The van der Waals surface area contributed by atoms with E-state index in [4.69, 9.17) is 0 Å². The predicted molar refractivity (Wildman–Crippen MR) is 103 cm³/mol. The van der Waals surface area contributed by atoms with Gasteiger partial charge < -0.3 is 15.5 Å². The lowest BCUT2D eigenvalue weighted by atomic mass is 10.2. The minimum absolute atomic E-state index is 0.0323. The van der Waals surface area contributed by atoms with Gasteiger partial charge in [-0.15, -0.1) is 0 Å². The number of non-ortho nitro benzene ring substituents is 1. The van der Waals surface area contributed by atoms with E-state index in [1.165, 1.54) is 54.4 Å². The van der Waals surface area contributed by atoms with Crippen LogP contribution in [0.1, 0.15) is 16.8 Å². The van der Waals surface area contributed by atoms with E-state index in [0.717, 1.165) is 6.07 Å². The van der Waals surface area contributed by atoms with Crippen LogP contribution in [0.3, 0.4) is 0 Å². The van der Waals surface area contributed by atoms with E-state index < -0.39 is 22.6 Å². The van der Waals surface area contributed by atoms with Crippen molar-refractivity contribution in [3.8, 4) is 0 Å². The average molecular weight is 402 g/mol. The summed E-state index contributed by atoms with van der Waals surface area (Å²) in [6.07, 6.45) is -0.0392. The van der Waals surface area contributed by atoms with Crippen LogP contribution in [-0.2, 0) is 9.59 Å². The van der Waals surface area contributed by atoms with Gasteiger partial charge in [-0.3, -0.25) is 24.5 Å². The van der Waals surface area contributed by atoms with Crippen molar-refractivity contribution in [1.29, 1.82) is 0 Å². The van der Waals surface area contributed by atoms with Gasteiger partial charge in [-0.05, 0) is 30.3 Å². The summed E-state index contributed by atoms with van der Waals surface area (Å²) in [6.45, 7) is -0.198. The molecule has 0 atom stereocenters. The number of amides is 3. The highest BCUT2D eigenvalue weighted by Crippen LogP contribution is 2.12. The van der Waals surface area contributed by atoms with Gasteiger partial charge in [0.15, 0.2) is 0 Å². The van der Waals surface area contributed by atoms with Crippen LogP contribution in [0.4, 0.5) is 15.8 Å². The molecule has 29 heavy (non-hydrogen) atoms. The molecule has 0 unspecified atom stereocenters. The van der Waals surface area contributed by atoms with Crippen molar-refractivity contribution in [1.82, 2.24) is 10.2 Å². The highest BCUT2D eigenvalue weighted by molar-refractivity contribution is 5.95. The Hall–Kier alpha value is -3.82. The first-order chi connectivity index (χ1) is 13.8. The van der Waals surface area contributed by atoms with Crippen LogP contribution in [0.15, 0.2) is 48.5 Å². The average Bonchev–Trinajstić information content (AvgIpc) is 2.67. The molecule has 3 amide bonds. The number of benzene rings is 2. The summed E-state index contributed by atoms with van der Waals surface area (Å²) in [5, 5.41) is 15.6. The van der Waals surface area contributed by atoms with Gasteiger partial charge >= 0.3 is 0 Å². The maximum atomic E-state index is 13.1. The first-order valence-electron chi connectivity index (χ1n) is 8.58. The number of rotatable bonds is 8. The minimum atomic E-state index is -0.569. The molecule has 152 valence electrons. The second-order valence-electron chi connectivity index (χ2n) is 6.12. The molecule has 2 aromatic rings. The summed E-state index contributed by atoms with van der Waals surface area (Å²) in [5.41, 5.74) is 0.381. The van der Waals surface area contributed by atoms with Gasteiger partial charge in [-0.25, -0.2) is 4.39 Å². The molecule has 9 nitrogen and oxygen atoms in total. The summed E-state index contributed by atoms with van der Waals surface area (Å²) in [5.74, 6) is -1.82. The van der Waals surface area contributed by atoms with Gasteiger partial charge in [0.2, 0.25) is 11.8 Å². The Bertz CT molecular complexity index is 917. The molecule has 0 heterocycles. The molecule has 0 aromatic heterocycles. The number of likely N-dealkylation sites (N-methyl/N-ethyl adjacent to an activating group) is 1. The molecule has 0 saturated carbocycles. The molecule has 0 fully saturated rings. The lowest BCUT2D eigenvalue weighted by Crippen LogP contribution is -2.37. The van der Waals surface area contributed by atoms with Gasteiger partial charge in [0.05, 0.1) is 11.5 Å². The number of nitro groups is 1. The fourth-order valence-corrected chi connectivity index (χ4v) is 2.38. The van der Waals surface area contributed by atoms with Gasteiger partial charge in [0.1, 0.15) is 5.82 Å². The molecular weight excluding hydrogens is 383 g/mol. The van der Waals surface area contributed by atoms with E-state index in [1.807, 2.05) is 0 Å². The molecule has 2 aromatic carbocycles. The fraction of sp³-hybridized carbons (Fsp3) is 0.211. The van der Waals surface area contributed by atoms with Crippen molar-refractivity contribution < 1.29 is 23.7 Å². The van der Waals surface area contributed by atoms with Crippen molar-refractivity contribution in [2.75, 3.05) is 25.5 Å². The van der Waals surface area contributed by atoms with Crippen LogP contribution in [0, 0.1) is 15.9 Å². The van der Waals surface area contributed by atoms with E-state index >= 15 is 0 Å². The third-order valence-corrected chi connectivity index (χ3v) is 3.88. The molecule has 0 aliphatic carbocycles. The molecule has 0 spiro atoms. The second-order valence-corrected chi connectivity index (χ2v) is 6.12.